The highest BCUT2D eigenvalue weighted by Gasteiger charge is 2.01. The van der Waals surface area contributed by atoms with E-state index in [2.05, 4.69) is 5.32 Å². The van der Waals surface area contributed by atoms with E-state index in [1.807, 2.05) is 24.3 Å². The fraction of sp³-hybridized carbons (Fsp3) is 0.462. The van der Waals surface area contributed by atoms with Crippen molar-refractivity contribution in [2.24, 2.45) is 0 Å². The standard InChI is InChI=1S/C13H19NO3S/c1-17-6-7-18-10-13(16)14-8-11-2-4-12(9-15)5-3-11/h2-5,15H,6-10H2,1H3,(H,14,16). The van der Waals surface area contributed by atoms with Crippen molar-refractivity contribution in [3.63, 3.8) is 0 Å². The molecule has 2 N–H and O–H groups in total. The van der Waals surface area contributed by atoms with Crippen molar-refractivity contribution in [2.75, 3.05) is 25.2 Å². The van der Waals surface area contributed by atoms with Gasteiger partial charge in [-0.05, 0) is 11.1 Å². The van der Waals surface area contributed by atoms with Crippen LogP contribution in [-0.2, 0) is 22.7 Å². The van der Waals surface area contributed by atoms with Gasteiger partial charge in [-0.2, -0.15) is 0 Å². The molecular weight excluding hydrogens is 250 g/mol. The predicted octanol–water partition coefficient (Wildman–Crippen LogP) is 1.17. The lowest BCUT2D eigenvalue weighted by Crippen LogP contribution is -2.24. The van der Waals surface area contributed by atoms with Crippen LogP contribution in [-0.4, -0.2) is 36.2 Å². The van der Waals surface area contributed by atoms with E-state index in [4.69, 9.17) is 9.84 Å². The molecule has 1 rings (SSSR count). The summed E-state index contributed by atoms with van der Waals surface area (Å²) in [6.45, 7) is 1.23. The molecule has 0 heterocycles. The molecule has 1 aromatic rings. The molecule has 1 aromatic carbocycles. The zero-order chi connectivity index (χ0) is 13.2. The zero-order valence-electron chi connectivity index (χ0n) is 10.5. The minimum atomic E-state index is 0.0299. The summed E-state index contributed by atoms with van der Waals surface area (Å²) in [5.41, 5.74) is 1.91. The van der Waals surface area contributed by atoms with Gasteiger partial charge in [0.25, 0.3) is 0 Å². The van der Waals surface area contributed by atoms with Crippen molar-refractivity contribution in [1.29, 1.82) is 0 Å². The number of thioether (sulfide) groups is 1. The Bertz CT molecular complexity index is 354. The third-order valence-electron chi connectivity index (χ3n) is 2.36. The lowest BCUT2D eigenvalue weighted by Gasteiger charge is -2.06. The number of carbonyl (C=O) groups is 1. The summed E-state index contributed by atoms with van der Waals surface area (Å²) >= 11 is 1.56. The summed E-state index contributed by atoms with van der Waals surface area (Å²) in [4.78, 5) is 11.5. The lowest BCUT2D eigenvalue weighted by atomic mass is 10.1. The molecule has 100 valence electrons. The molecule has 0 aromatic heterocycles. The van der Waals surface area contributed by atoms with Crippen molar-refractivity contribution < 1.29 is 14.6 Å². The summed E-state index contributed by atoms with van der Waals surface area (Å²) in [6.07, 6.45) is 0. The Balaban J connectivity index is 2.20. The second kappa shape index (κ2) is 8.97. The normalized spacial score (nSPS) is 10.3. The molecule has 0 bridgehead atoms. The fourth-order valence-corrected chi connectivity index (χ4v) is 2.04. The molecule has 0 atom stereocenters. The average Bonchev–Trinajstić information content (AvgIpc) is 2.42. The molecule has 4 nitrogen and oxygen atoms in total. The van der Waals surface area contributed by atoms with Crippen molar-refractivity contribution in [1.82, 2.24) is 5.32 Å². The number of nitrogens with one attached hydrogen (secondary N) is 1. The van der Waals surface area contributed by atoms with Crippen LogP contribution in [0, 0.1) is 0 Å². The van der Waals surface area contributed by atoms with E-state index in [1.165, 1.54) is 0 Å². The Kier molecular flexibility index (Phi) is 7.48. The topological polar surface area (TPSA) is 58.6 Å². The Labute approximate surface area is 112 Å². The van der Waals surface area contributed by atoms with Gasteiger partial charge in [0, 0.05) is 19.4 Å². The van der Waals surface area contributed by atoms with Crippen LogP contribution in [0.15, 0.2) is 24.3 Å². The molecule has 0 aliphatic rings. The first-order valence-corrected chi connectivity index (χ1v) is 6.93. The van der Waals surface area contributed by atoms with Crippen LogP contribution in [0.3, 0.4) is 0 Å². The van der Waals surface area contributed by atoms with Gasteiger partial charge in [0.2, 0.25) is 5.91 Å². The molecule has 0 aliphatic carbocycles. The molecule has 0 unspecified atom stereocenters. The van der Waals surface area contributed by atoms with E-state index in [-0.39, 0.29) is 12.5 Å². The first kappa shape index (κ1) is 15.0. The van der Waals surface area contributed by atoms with Crippen molar-refractivity contribution in [2.45, 2.75) is 13.2 Å². The van der Waals surface area contributed by atoms with Gasteiger partial charge in [-0.15, -0.1) is 11.8 Å². The van der Waals surface area contributed by atoms with Gasteiger partial charge in [0.1, 0.15) is 0 Å². The zero-order valence-corrected chi connectivity index (χ0v) is 11.3. The Morgan fingerprint density at radius 3 is 2.61 bits per heavy atom. The second-order valence-corrected chi connectivity index (χ2v) is 4.90. The third-order valence-corrected chi connectivity index (χ3v) is 3.28. The monoisotopic (exact) mass is 269 g/mol. The first-order chi connectivity index (χ1) is 8.76. The minimum absolute atomic E-state index is 0.0299. The minimum Gasteiger partial charge on any atom is -0.392 e. The molecule has 0 radical (unpaired) electrons. The number of aliphatic hydroxyl groups excluding tert-OH is 1. The number of hydrogen-bond donors (Lipinski definition) is 2. The van der Waals surface area contributed by atoms with Crippen LogP contribution < -0.4 is 5.32 Å². The molecule has 0 aliphatic heterocycles. The molecular formula is C13H19NO3S. The first-order valence-electron chi connectivity index (χ1n) is 5.78. The van der Waals surface area contributed by atoms with Gasteiger partial charge in [0.15, 0.2) is 0 Å². The fourth-order valence-electron chi connectivity index (χ4n) is 1.32. The van der Waals surface area contributed by atoms with Gasteiger partial charge in [-0.1, -0.05) is 24.3 Å². The highest BCUT2D eigenvalue weighted by molar-refractivity contribution is 7.99. The van der Waals surface area contributed by atoms with Crippen molar-refractivity contribution in [3.05, 3.63) is 35.4 Å². The molecule has 0 saturated carbocycles. The highest BCUT2D eigenvalue weighted by atomic mass is 32.2. The van der Waals surface area contributed by atoms with Crippen LogP contribution in [0.4, 0.5) is 0 Å². The number of rotatable bonds is 8. The summed E-state index contributed by atoms with van der Waals surface area (Å²) < 4.78 is 4.90. The number of ether oxygens (including phenoxy) is 1. The SMILES string of the molecule is COCCSCC(=O)NCc1ccc(CO)cc1. The summed E-state index contributed by atoms with van der Waals surface area (Å²) in [7, 11) is 1.65. The summed E-state index contributed by atoms with van der Waals surface area (Å²) in [6, 6.07) is 7.53. The van der Waals surface area contributed by atoms with Gasteiger partial charge < -0.3 is 15.2 Å². The maximum Gasteiger partial charge on any atom is 0.230 e. The number of aliphatic hydroxyl groups is 1. The van der Waals surface area contributed by atoms with Gasteiger partial charge >= 0.3 is 0 Å². The number of benzene rings is 1. The quantitative estimate of drug-likeness (QED) is 0.696. The number of carbonyl (C=O) groups excluding carboxylic acids is 1. The van der Waals surface area contributed by atoms with Crippen molar-refractivity contribution in [3.8, 4) is 0 Å². The average molecular weight is 269 g/mol. The molecule has 18 heavy (non-hydrogen) atoms. The molecule has 5 heteroatoms. The predicted molar refractivity (Wildman–Crippen MR) is 73.4 cm³/mol. The summed E-state index contributed by atoms with van der Waals surface area (Å²) in [5, 5.41) is 11.8. The van der Waals surface area contributed by atoms with E-state index in [1.54, 1.807) is 18.9 Å². The largest absolute Gasteiger partial charge is 0.392 e. The number of hydrogen-bond acceptors (Lipinski definition) is 4. The van der Waals surface area contributed by atoms with Crippen molar-refractivity contribution >= 4 is 17.7 Å². The van der Waals surface area contributed by atoms with Crippen LogP contribution in [0.2, 0.25) is 0 Å². The molecule has 0 spiro atoms. The smallest absolute Gasteiger partial charge is 0.230 e. The van der Waals surface area contributed by atoms with Crippen LogP contribution in [0.5, 0.6) is 0 Å². The second-order valence-electron chi connectivity index (χ2n) is 3.80. The van der Waals surface area contributed by atoms with E-state index < -0.39 is 0 Å². The summed E-state index contributed by atoms with van der Waals surface area (Å²) in [5.74, 6) is 1.31. The van der Waals surface area contributed by atoms with E-state index in [9.17, 15) is 4.79 Å². The number of amides is 1. The van der Waals surface area contributed by atoms with Crippen LogP contribution in [0.1, 0.15) is 11.1 Å². The molecule has 0 fully saturated rings. The Hall–Kier alpha value is -1.04. The van der Waals surface area contributed by atoms with Gasteiger partial charge in [0.05, 0.1) is 19.0 Å². The van der Waals surface area contributed by atoms with Gasteiger partial charge in [-0.25, -0.2) is 0 Å². The Morgan fingerprint density at radius 2 is 2.00 bits per heavy atom. The van der Waals surface area contributed by atoms with E-state index in [0.717, 1.165) is 16.9 Å². The maximum atomic E-state index is 11.5. The molecule has 0 saturated heterocycles. The van der Waals surface area contributed by atoms with Crippen LogP contribution >= 0.6 is 11.8 Å². The third kappa shape index (κ3) is 6.05. The van der Waals surface area contributed by atoms with Crippen LogP contribution in [0.25, 0.3) is 0 Å². The Morgan fingerprint density at radius 1 is 1.33 bits per heavy atom. The van der Waals surface area contributed by atoms with Gasteiger partial charge in [-0.3, -0.25) is 4.79 Å². The van der Waals surface area contributed by atoms with E-state index in [0.29, 0.717) is 18.9 Å². The van der Waals surface area contributed by atoms with E-state index >= 15 is 0 Å². The molecule has 1 amide bonds. The number of methoxy groups -OCH3 is 1. The lowest BCUT2D eigenvalue weighted by molar-refractivity contribution is -0.118. The highest BCUT2D eigenvalue weighted by Crippen LogP contribution is 2.04. The maximum absolute atomic E-state index is 11.5.